The van der Waals surface area contributed by atoms with Gasteiger partial charge < -0.3 is 4.74 Å². The second-order valence-electron chi connectivity index (χ2n) is 3.50. The fraction of sp³-hybridized carbons (Fsp3) is 0.154. The molecule has 0 atom stereocenters. The molecule has 0 unspecified atom stereocenters. The van der Waals surface area contributed by atoms with Crippen LogP contribution < -0.4 is 0 Å². The van der Waals surface area contributed by atoms with E-state index in [9.17, 15) is 4.79 Å². The van der Waals surface area contributed by atoms with Crippen molar-refractivity contribution in [1.29, 1.82) is 0 Å². The van der Waals surface area contributed by atoms with Crippen LogP contribution in [0, 0.1) is 0 Å². The lowest BCUT2D eigenvalue weighted by atomic mass is 10.1. The van der Waals surface area contributed by atoms with Crippen molar-refractivity contribution in [1.82, 2.24) is 0 Å². The summed E-state index contributed by atoms with van der Waals surface area (Å²) in [6, 6.07) is 9.63. The Hall–Kier alpha value is -1.61. The first-order chi connectivity index (χ1) is 7.79. The van der Waals surface area contributed by atoms with Crippen LogP contribution in [-0.2, 0) is 11.2 Å². The molecular formula is C13H12O2S. The van der Waals surface area contributed by atoms with E-state index in [1.165, 1.54) is 18.2 Å². The van der Waals surface area contributed by atoms with Crippen molar-refractivity contribution in [3.63, 3.8) is 0 Å². The standard InChI is InChI=1S/C13H12O2S/c1-15-13(14)12-4-2-10(3-5-12)8-11-6-7-16-9-11/h2-7,9H,8H2,1H3. The maximum absolute atomic E-state index is 11.2. The third-order valence-electron chi connectivity index (χ3n) is 2.36. The molecule has 2 rings (SSSR count). The highest BCUT2D eigenvalue weighted by Crippen LogP contribution is 2.13. The molecule has 82 valence electrons. The van der Waals surface area contributed by atoms with Crippen LogP contribution in [0.1, 0.15) is 21.5 Å². The van der Waals surface area contributed by atoms with Crippen LogP contribution in [0.25, 0.3) is 0 Å². The summed E-state index contributed by atoms with van der Waals surface area (Å²) in [5.74, 6) is -0.290. The second kappa shape index (κ2) is 4.94. The molecule has 0 aliphatic carbocycles. The third-order valence-corrected chi connectivity index (χ3v) is 3.10. The lowest BCUT2D eigenvalue weighted by Gasteiger charge is -2.01. The SMILES string of the molecule is COC(=O)c1ccc(Cc2ccsc2)cc1. The highest BCUT2D eigenvalue weighted by Gasteiger charge is 2.04. The van der Waals surface area contributed by atoms with Gasteiger partial charge in [-0.25, -0.2) is 4.79 Å². The minimum Gasteiger partial charge on any atom is -0.465 e. The first-order valence-corrected chi connectivity index (χ1v) is 5.92. The Kier molecular flexibility index (Phi) is 3.37. The molecule has 0 N–H and O–H groups in total. The van der Waals surface area contributed by atoms with E-state index in [1.807, 2.05) is 12.1 Å². The Morgan fingerprint density at radius 2 is 1.94 bits per heavy atom. The average Bonchev–Trinajstić information content (AvgIpc) is 2.82. The number of ether oxygens (including phenoxy) is 1. The highest BCUT2D eigenvalue weighted by molar-refractivity contribution is 7.07. The Bertz CT molecular complexity index is 457. The summed E-state index contributed by atoms with van der Waals surface area (Å²) < 4.78 is 4.64. The number of thiophene rings is 1. The Balaban J connectivity index is 2.10. The molecule has 1 aromatic carbocycles. The molecule has 2 nitrogen and oxygen atoms in total. The molecule has 0 aliphatic rings. The zero-order chi connectivity index (χ0) is 11.4. The summed E-state index contributed by atoms with van der Waals surface area (Å²) >= 11 is 1.70. The fourth-order valence-electron chi connectivity index (χ4n) is 1.51. The van der Waals surface area contributed by atoms with Crippen LogP contribution in [-0.4, -0.2) is 13.1 Å². The Morgan fingerprint density at radius 1 is 1.19 bits per heavy atom. The van der Waals surface area contributed by atoms with E-state index in [-0.39, 0.29) is 5.97 Å². The van der Waals surface area contributed by atoms with E-state index in [4.69, 9.17) is 0 Å². The van der Waals surface area contributed by atoms with Crippen molar-refractivity contribution in [2.24, 2.45) is 0 Å². The van der Waals surface area contributed by atoms with Crippen LogP contribution in [0.2, 0.25) is 0 Å². The van der Waals surface area contributed by atoms with Crippen molar-refractivity contribution in [3.05, 3.63) is 57.8 Å². The van der Waals surface area contributed by atoms with Gasteiger partial charge in [-0.1, -0.05) is 12.1 Å². The van der Waals surface area contributed by atoms with E-state index in [1.54, 1.807) is 23.5 Å². The van der Waals surface area contributed by atoms with Crippen LogP contribution >= 0.6 is 11.3 Å². The lowest BCUT2D eigenvalue weighted by Crippen LogP contribution is -2.00. The predicted molar refractivity (Wildman–Crippen MR) is 64.9 cm³/mol. The minimum atomic E-state index is -0.290. The van der Waals surface area contributed by atoms with Crippen LogP contribution in [0.3, 0.4) is 0 Å². The fourth-order valence-corrected chi connectivity index (χ4v) is 2.17. The lowest BCUT2D eigenvalue weighted by molar-refractivity contribution is 0.0601. The second-order valence-corrected chi connectivity index (χ2v) is 4.28. The van der Waals surface area contributed by atoms with E-state index < -0.39 is 0 Å². The summed E-state index contributed by atoms with van der Waals surface area (Å²) in [6.07, 6.45) is 0.908. The topological polar surface area (TPSA) is 26.3 Å². The number of hydrogen-bond acceptors (Lipinski definition) is 3. The van der Waals surface area contributed by atoms with E-state index in [0.29, 0.717) is 5.56 Å². The van der Waals surface area contributed by atoms with Gasteiger partial charge in [0.15, 0.2) is 0 Å². The van der Waals surface area contributed by atoms with Crippen molar-refractivity contribution in [2.75, 3.05) is 7.11 Å². The summed E-state index contributed by atoms with van der Waals surface area (Å²) in [4.78, 5) is 11.2. The van der Waals surface area contributed by atoms with Gasteiger partial charge in [0, 0.05) is 0 Å². The predicted octanol–water partition coefficient (Wildman–Crippen LogP) is 3.13. The van der Waals surface area contributed by atoms with E-state index in [2.05, 4.69) is 21.6 Å². The average molecular weight is 232 g/mol. The van der Waals surface area contributed by atoms with Gasteiger partial charge in [0.05, 0.1) is 12.7 Å². The highest BCUT2D eigenvalue weighted by atomic mass is 32.1. The normalized spacial score (nSPS) is 10.1. The van der Waals surface area contributed by atoms with Gasteiger partial charge in [-0.05, 0) is 46.5 Å². The molecule has 0 saturated heterocycles. The van der Waals surface area contributed by atoms with Crippen molar-refractivity contribution >= 4 is 17.3 Å². The molecule has 0 aliphatic heterocycles. The maximum Gasteiger partial charge on any atom is 0.337 e. The first kappa shape index (κ1) is 10.9. The van der Waals surface area contributed by atoms with Crippen LogP contribution in [0.4, 0.5) is 0 Å². The molecule has 3 heteroatoms. The summed E-state index contributed by atoms with van der Waals surface area (Å²) in [6.45, 7) is 0. The van der Waals surface area contributed by atoms with Gasteiger partial charge in [-0.15, -0.1) is 0 Å². The van der Waals surface area contributed by atoms with Crippen LogP contribution in [0.15, 0.2) is 41.1 Å². The first-order valence-electron chi connectivity index (χ1n) is 4.98. The number of hydrogen-bond donors (Lipinski definition) is 0. The molecule has 2 aromatic rings. The van der Waals surface area contributed by atoms with Gasteiger partial charge >= 0.3 is 5.97 Å². The molecule has 0 saturated carbocycles. The van der Waals surface area contributed by atoms with Gasteiger partial charge in [0.2, 0.25) is 0 Å². The van der Waals surface area contributed by atoms with Gasteiger partial charge in [0.25, 0.3) is 0 Å². The largest absolute Gasteiger partial charge is 0.465 e. The molecule has 0 bridgehead atoms. The van der Waals surface area contributed by atoms with Crippen molar-refractivity contribution in [3.8, 4) is 0 Å². The molecule has 0 amide bonds. The van der Waals surface area contributed by atoms with E-state index >= 15 is 0 Å². The number of benzene rings is 1. The number of rotatable bonds is 3. The van der Waals surface area contributed by atoms with Gasteiger partial charge in [-0.3, -0.25) is 0 Å². The third kappa shape index (κ3) is 2.49. The number of carbonyl (C=O) groups excluding carboxylic acids is 1. The maximum atomic E-state index is 11.2. The molecule has 1 aromatic heterocycles. The quantitative estimate of drug-likeness (QED) is 0.760. The van der Waals surface area contributed by atoms with Crippen molar-refractivity contribution in [2.45, 2.75) is 6.42 Å². The molecule has 0 spiro atoms. The number of carbonyl (C=O) groups is 1. The minimum absolute atomic E-state index is 0.290. The Morgan fingerprint density at radius 3 is 2.50 bits per heavy atom. The molecular weight excluding hydrogens is 220 g/mol. The molecule has 16 heavy (non-hydrogen) atoms. The summed E-state index contributed by atoms with van der Waals surface area (Å²) in [5.41, 5.74) is 3.10. The van der Waals surface area contributed by atoms with Gasteiger partial charge in [0.1, 0.15) is 0 Å². The molecule has 0 fully saturated rings. The van der Waals surface area contributed by atoms with Crippen LogP contribution in [0.5, 0.6) is 0 Å². The van der Waals surface area contributed by atoms with Gasteiger partial charge in [-0.2, -0.15) is 11.3 Å². The number of esters is 1. The summed E-state index contributed by atoms with van der Waals surface area (Å²) in [7, 11) is 1.39. The van der Waals surface area contributed by atoms with E-state index in [0.717, 1.165) is 6.42 Å². The summed E-state index contributed by atoms with van der Waals surface area (Å²) in [5, 5.41) is 4.20. The monoisotopic (exact) mass is 232 g/mol. The molecule has 0 radical (unpaired) electrons. The smallest absolute Gasteiger partial charge is 0.337 e. The Labute approximate surface area is 98.5 Å². The zero-order valence-electron chi connectivity index (χ0n) is 8.97. The molecule has 1 heterocycles. The number of methoxy groups -OCH3 is 1. The zero-order valence-corrected chi connectivity index (χ0v) is 9.79. The van der Waals surface area contributed by atoms with Crippen molar-refractivity contribution < 1.29 is 9.53 Å².